The number of rotatable bonds is 16. The fraction of sp³-hybridized carbons (Fsp3) is 0.102. The number of benzene rings is 8. The van der Waals surface area contributed by atoms with E-state index in [9.17, 15) is 24.0 Å². The second-order valence-corrected chi connectivity index (χ2v) is 16.4. The quantitative estimate of drug-likeness (QED) is 0.0515. The second-order valence-electron chi connectivity index (χ2n) is 16.4. The van der Waals surface area contributed by atoms with Crippen LogP contribution in [0.2, 0.25) is 0 Å². The van der Waals surface area contributed by atoms with Gasteiger partial charge in [0.1, 0.15) is 51.7 Å². The van der Waals surface area contributed by atoms with Crippen molar-refractivity contribution in [3.63, 3.8) is 0 Å². The van der Waals surface area contributed by atoms with E-state index in [-0.39, 0.29) is 45.6 Å². The van der Waals surface area contributed by atoms with Gasteiger partial charge in [0, 0.05) is 11.5 Å². The predicted molar refractivity (Wildman–Crippen MR) is 265 cm³/mol. The first kappa shape index (κ1) is 48.2. The van der Waals surface area contributed by atoms with E-state index in [1.807, 2.05) is 38.1 Å². The number of ketones is 1. The SMILES string of the molecule is COc1ccc(C(C)c2ccc(OC(=O)c3ccc(Oc4ccc(C(=O)Oc5ccc(OC(=O)c6ccc(OC(=O)c7ccc(Oc8ccc(C(C)=O)cc8)cc7)cc6)cc5)cc4)cc3)c(C)c2)cc1C. The van der Waals surface area contributed by atoms with E-state index in [0.717, 1.165) is 28.0 Å². The summed E-state index contributed by atoms with van der Waals surface area (Å²) in [5.74, 6) is 1.65. The molecule has 0 saturated heterocycles. The van der Waals surface area contributed by atoms with Gasteiger partial charge in [-0.05, 0) is 201 Å². The number of carbonyl (C=O) groups is 5. The fourth-order valence-electron chi connectivity index (χ4n) is 7.32. The topological polar surface area (TPSA) is 150 Å². The molecule has 0 aromatic heterocycles. The number of carbonyl (C=O) groups excluding carboxylic acids is 5. The third-order valence-corrected chi connectivity index (χ3v) is 11.4. The molecule has 354 valence electrons. The van der Waals surface area contributed by atoms with Crippen molar-refractivity contribution in [3.8, 4) is 51.7 Å². The number of hydrogen-bond acceptors (Lipinski definition) is 12. The summed E-state index contributed by atoms with van der Waals surface area (Å²) in [5, 5.41) is 0. The molecule has 8 aromatic carbocycles. The van der Waals surface area contributed by atoms with E-state index in [4.69, 9.17) is 33.2 Å². The molecule has 8 aromatic rings. The van der Waals surface area contributed by atoms with Crippen LogP contribution in [0, 0.1) is 13.8 Å². The van der Waals surface area contributed by atoms with Crippen LogP contribution in [0.5, 0.6) is 51.7 Å². The van der Waals surface area contributed by atoms with Gasteiger partial charge in [0.25, 0.3) is 0 Å². The molecule has 0 N–H and O–H groups in total. The molecule has 0 radical (unpaired) electrons. The zero-order valence-electron chi connectivity index (χ0n) is 39.3. The Morgan fingerprint density at radius 2 is 0.634 bits per heavy atom. The second kappa shape index (κ2) is 21.8. The fourth-order valence-corrected chi connectivity index (χ4v) is 7.32. The average molecular weight is 947 g/mol. The summed E-state index contributed by atoms with van der Waals surface area (Å²) >= 11 is 0. The molecular weight excluding hydrogens is 901 g/mol. The number of esters is 4. The van der Waals surface area contributed by atoms with Crippen LogP contribution in [-0.2, 0) is 0 Å². The Labute approximate surface area is 409 Å². The highest BCUT2D eigenvalue weighted by Gasteiger charge is 2.17. The molecule has 0 spiro atoms. The van der Waals surface area contributed by atoms with Crippen LogP contribution in [0.1, 0.15) is 93.8 Å². The van der Waals surface area contributed by atoms with Gasteiger partial charge in [-0.1, -0.05) is 31.2 Å². The Morgan fingerprint density at radius 3 is 0.944 bits per heavy atom. The van der Waals surface area contributed by atoms with Crippen LogP contribution in [0.4, 0.5) is 0 Å². The molecule has 0 saturated carbocycles. The lowest BCUT2D eigenvalue weighted by atomic mass is 9.91. The molecule has 0 aliphatic carbocycles. The summed E-state index contributed by atoms with van der Waals surface area (Å²) in [7, 11) is 1.66. The molecule has 0 amide bonds. The van der Waals surface area contributed by atoms with Crippen LogP contribution >= 0.6 is 0 Å². The van der Waals surface area contributed by atoms with Crippen molar-refractivity contribution in [1.82, 2.24) is 0 Å². The standard InChI is InChI=1S/C59H46O12/c1-36-34-45(16-32-54(36)65-5)38(3)46-17-33-55(37(2)35-46)71-59(64)44-12-24-50(25-13-44)67-49-22-10-42(11-23-49)57(62)69-52-28-30-53(31-29-52)70-58(63)43-14-26-51(27-15-43)68-56(61)41-8-20-48(21-9-41)66-47-18-6-40(7-19-47)39(4)60/h6-35,38H,1-5H3. The van der Waals surface area contributed by atoms with Gasteiger partial charge in [-0.25, -0.2) is 19.2 Å². The van der Waals surface area contributed by atoms with E-state index in [1.165, 1.54) is 55.5 Å². The van der Waals surface area contributed by atoms with Crippen molar-refractivity contribution in [2.45, 2.75) is 33.6 Å². The molecule has 0 bridgehead atoms. The van der Waals surface area contributed by atoms with Crippen molar-refractivity contribution in [2.75, 3.05) is 7.11 Å². The largest absolute Gasteiger partial charge is 0.496 e. The van der Waals surface area contributed by atoms with Gasteiger partial charge in [0.2, 0.25) is 0 Å². The molecule has 8 rings (SSSR count). The monoisotopic (exact) mass is 946 g/mol. The van der Waals surface area contributed by atoms with E-state index < -0.39 is 23.9 Å². The first-order chi connectivity index (χ1) is 34.3. The zero-order chi connectivity index (χ0) is 50.0. The molecule has 12 heteroatoms. The molecule has 0 fully saturated rings. The van der Waals surface area contributed by atoms with Gasteiger partial charge >= 0.3 is 23.9 Å². The summed E-state index contributed by atoms with van der Waals surface area (Å²) in [6.45, 7) is 7.56. The van der Waals surface area contributed by atoms with Crippen molar-refractivity contribution in [2.24, 2.45) is 0 Å². The summed E-state index contributed by atoms with van der Waals surface area (Å²) in [6.07, 6.45) is 0. The zero-order valence-corrected chi connectivity index (χ0v) is 39.3. The van der Waals surface area contributed by atoms with Gasteiger partial charge in [-0.3, -0.25) is 4.79 Å². The molecular formula is C59H46O12. The van der Waals surface area contributed by atoms with Crippen LogP contribution in [0.15, 0.2) is 182 Å². The maximum atomic E-state index is 13.1. The van der Waals surface area contributed by atoms with Crippen molar-refractivity contribution < 1.29 is 57.1 Å². The highest BCUT2D eigenvalue weighted by molar-refractivity contribution is 5.95. The first-order valence-electron chi connectivity index (χ1n) is 22.4. The number of methoxy groups -OCH3 is 1. The molecule has 1 atom stereocenters. The normalized spacial score (nSPS) is 11.1. The van der Waals surface area contributed by atoms with E-state index in [0.29, 0.717) is 39.9 Å². The summed E-state index contributed by atoms with van der Waals surface area (Å²) in [6, 6.07) is 49.8. The van der Waals surface area contributed by atoms with Gasteiger partial charge in [-0.2, -0.15) is 0 Å². The molecule has 0 aliphatic rings. The molecule has 1 unspecified atom stereocenters. The Hall–Kier alpha value is -9.29. The summed E-state index contributed by atoms with van der Waals surface area (Å²) in [5.41, 5.74) is 5.85. The molecule has 71 heavy (non-hydrogen) atoms. The third kappa shape index (κ3) is 12.2. The van der Waals surface area contributed by atoms with Gasteiger partial charge < -0.3 is 33.2 Å². The average Bonchev–Trinajstić information content (AvgIpc) is 3.38. The summed E-state index contributed by atoms with van der Waals surface area (Å²) < 4.78 is 39.4. The van der Waals surface area contributed by atoms with Gasteiger partial charge in [0.05, 0.1) is 29.4 Å². The Morgan fingerprint density at radius 1 is 0.352 bits per heavy atom. The van der Waals surface area contributed by atoms with E-state index in [2.05, 4.69) is 19.1 Å². The molecule has 0 heterocycles. The van der Waals surface area contributed by atoms with Crippen molar-refractivity contribution in [3.05, 3.63) is 232 Å². The third-order valence-electron chi connectivity index (χ3n) is 11.4. The number of aryl methyl sites for hydroxylation is 2. The van der Waals surface area contributed by atoms with Crippen LogP contribution < -0.4 is 33.2 Å². The highest BCUT2D eigenvalue weighted by atomic mass is 16.6. The number of Topliss-reactive ketones (excluding diaryl/α,β-unsaturated/α-hetero) is 1. The maximum Gasteiger partial charge on any atom is 0.343 e. The minimum absolute atomic E-state index is 0.0427. The maximum absolute atomic E-state index is 13.1. The lowest BCUT2D eigenvalue weighted by molar-refractivity contribution is 0.0718. The van der Waals surface area contributed by atoms with Crippen LogP contribution in [-0.4, -0.2) is 36.8 Å². The van der Waals surface area contributed by atoms with E-state index in [1.54, 1.807) is 104 Å². The highest BCUT2D eigenvalue weighted by Crippen LogP contribution is 2.32. The van der Waals surface area contributed by atoms with Crippen molar-refractivity contribution >= 4 is 29.7 Å². The van der Waals surface area contributed by atoms with Crippen molar-refractivity contribution in [1.29, 1.82) is 0 Å². The minimum Gasteiger partial charge on any atom is -0.496 e. The Kier molecular flexibility index (Phi) is 14.8. The lowest BCUT2D eigenvalue weighted by Crippen LogP contribution is -2.10. The number of hydrogen-bond donors (Lipinski definition) is 0. The Bertz CT molecular complexity index is 3210. The van der Waals surface area contributed by atoms with Crippen LogP contribution in [0.3, 0.4) is 0 Å². The molecule has 0 aliphatic heterocycles. The molecule has 12 nitrogen and oxygen atoms in total. The first-order valence-corrected chi connectivity index (χ1v) is 22.4. The van der Waals surface area contributed by atoms with E-state index >= 15 is 0 Å². The lowest BCUT2D eigenvalue weighted by Gasteiger charge is -2.16. The van der Waals surface area contributed by atoms with Gasteiger partial charge in [0.15, 0.2) is 5.78 Å². The predicted octanol–water partition coefficient (Wildman–Crippen LogP) is 13.1. The number of ether oxygens (including phenoxy) is 7. The van der Waals surface area contributed by atoms with Crippen LogP contribution in [0.25, 0.3) is 0 Å². The minimum atomic E-state index is -0.654. The smallest absolute Gasteiger partial charge is 0.343 e. The summed E-state index contributed by atoms with van der Waals surface area (Å²) in [4.78, 5) is 63.2. The van der Waals surface area contributed by atoms with Gasteiger partial charge in [-0.15, -0.1) is 0 Å². The Balaban J connectivity index is 0.770.